The van der Waals surface area contributed by atoms with E-state index in [0.717, 1.165) is 12.8 Å². The number of Topliss-reactive ketones (excluding diaryl/α,β-unsaturated/α-hetero) is 1. The van der Waals surface area contributed by atoms with Gasteiger partial charge in [0.1, 0.15) is 4.75 Å². The molecule has 0 aromatic carbocycles. The van der Waals surface area contributed by atoms with Crippen LogP contribution < -0.4 is 5.32 Å². The Kier molecular flexibility index (Phi) is 2.85. The summed E-state index contributed by atoms with van der Waals surface area (Å²) in [6, 6.07) is 0. The zero-order valence-electron chi connectivity index (χ0n) is 8.79. The number of sulfone groups is 1. The fourth-order valence-corrected chi connectivity index (χ4v) is 4.75. The number of carbonyl (C=O) groups is 1. The molecule has 1 atom stereocenters. The van der Waals surface area contributed by atoms with Crippen LogP contribution in [0.15, 0.2) is 0 Å². The van der Waals surface area contributed by atoms with Crippen LogP contribution in [0.5, 0.6) is 0 Å². The van der Waals surface area contributed by atoms with Gasteiger partial charge in [0, 0.05) is 13.0 Å². The summed E-state index contributed by atoms with van der Waals surface area (Å²) in [5, 5.41) is 3.06. The van der Waals surface area contributed by atoms with Crippen LogP contribution >= 0.6 is 0 Å². The van der Waals surface area contributed by atoms with Crippen molar-refractivity contribution in [2.75, 3.05) is 18.8 Å². The van der Waals surface area contributed by atoms with Crippen molar-refractivity contribution in [3.8, 4) is 0 Å². The molecule has 1 heterocycles. The lowest BCUT2D eigenvalue weighted by molar-refractivity contribution is -0.123. The van der Waals surface area contributed by atoms with Crippen LogP contribution in [0, 0.1) is 0 Å². The lowest BCUT2D eigenvalue weighted by Crippen LogP contribution is -2.49. The van der Waals surface area contributed by atoms with Crippen LogP contribution in [0.4, 0.5) is 0 Å². The van der Waals surface area contributed by atoms with Crippen LogP contribution in [-0.4, -0.2) is 37.8 Å². The zero-order valence-corrected chi connectivity index (χ0v) is 9.61. The lowest BCUT2D eigenvalue weighted by atomic mass is 9.84. The maximum Gasteiger partial charge on any atom is 0.164 e. The molecule has 4 nitrogen and oxygen atoms in total. The molecule has 0 radical (unpaired) electrons. The van der Waals surface area contributed by atoms with E-state index in [1.165, 1.54) is 0 Å². The first kappa shape index (κ1) is 11.1. The summed E-state index contributed by atoms with van der Waals surface area (Å²) in [6.45, 7) is 1.13. The maximum absolute atomic E-state index is 12.1. The summed E-state index contributed by atoms with van der Waals surface area (Å²) in [7, 11) is -3.24. The normalized spacial score (nSPS) is 36.4. The van der Waals surface area contributed by atoms with Crippen molar-refractivity contribution in [2.45, 2.75) is 36.9 Å². The van der Waals surface area contributed by atoms with Gasteiger partial charge in [-0.1, -0.05) is 6.42 Å². The summed E-state index contributed by atoms with van der Waals surface area (Å²) < 4.78 is 23.2. The van der Waals surface area contributed by atoms with E-state index in [0.29, 0.717) is 32.4 Å². The SMILES string of the molecule is O=C1CCCCC12CCNCCS2(=O)=O. The minimum atomic E-state index is -3.24. The standard InChI is InChI=1S/C10H17NO3S/c12-9-3-1-2-4-10(9)5-6-11-7-8-15(10,13)14/h11H,1-8H2. The third kappa shape index (κ3) is 1.72. The van der Waals surface area contributed by atoms with Gasteiger partial charge in [0.25, 0.3) is 0 Å². The first-order valence-electron chi connectivity index (χ1n) is 5.55. The van der Waals surface area contributed by atoms with Gasteiger partial charge in [0.05, 0.1) is 5.75 Å². The third-order valence-corrected chi connectivity index (χ3v) is 6.16. The van der Waals surface area contributed by atoms with E-state index in [-0.39, 0.29) is 11.5 Å². The quantitative estimate of drug-likeness (QED) is 0.650. The van der Waals surface area contributed by atoms with Crippen molar-refractivity contribution in [1.82, 2.24) is 5.32 Å². The van der Waals surface area contributed by atoms with Crippen LogP contribution in [0.2, 0.25) is 0 Å². The van der Waals surface area contributed by atoms with Gasteiger partial charge in [-0.3, -0.25) is 4.79 Å². The Morgan fingerprint density at radius 1 is 1.13 bits per heavy atom. The molecule has 1 saturated carbocycles. The van der Waals surface area contributed by atoms with Gasteiger partial charge in [-0.2, -0.15) is 0 Å². The fourth-order valence-electron chi connectivity index (χ4n) is 2.63. The van der Waals surface area contributed by atoms with Gasteiger partial charge < -0.3 is 5.32 Å². The average Bonchev–Trinajstić information content (AvgIpc) is 2.32. The topological polar surface area (TPSA) is 63.2 Å². The highest BCUT2D eigenvalue weighted by atomic mass is 32.2. The number of hydrogen-bond donors (Lipinski definition) is 1. The van der Waals surface area contributed by atoms with Gasteiger partial charge in [0.15, 0.2) is 15.6 Å². The van der Waals surface area contributed by atoms with Crippen molar-refractivity contribution in [2.24, 2.45) is 0 Å². The Hall–Kier alpha value is -0.420. The molecule has 1 unspecified atom stereocenters. The van der Waals surface area contributed by atoms with E-state index < -0.39 is 14.6 Å². The van der Waals surface area contributed by atoms with E-state index in [4.69, 9.17) is 0 Å². The van der Waals surface area contributed by atoms with Crippen LogP contribution in [0.3, 0.4) is 0 Å². The Bertz CT molecular complexity index is 363. The Balaban J connectivity index is 2.40. The summed E-state index contributed by atoms with van der Waals surface area (Å²) in [6.07, 6.45) is 3.16. The zero-order chi connectivity index (χ0) is 10.9. The Morgan fingerprint density at radius 3 is 2.67 bits per heavy atom. The fraction of sp³-hybridized carbons (Fsp3) is 0.900. The molecule has 0 amide bonds. The third-order valence-electron chi connectivity index (χ3n) is 3.59. The number of nitrogens with one attached hydrogen (secondary N) is 1. The second kappa shape index (κ2) is 3.87. The Labute approximate surface area is 90.3 Å². The van der Waals surface area contributed by atoms with Crippen LogP contribution in [0.1, 0.15) is 32.1 Å². The number of rotatable bonds is 0. The van der Waals surface area contributed by atoms with Crippen molar-refractivity contribution in [3.63, 3.8) is 0 Å². The summed E-state index contributed by atoms with van der Waals surface area (Å²) in [4.78, 5) is 11.9. The summed E-state index contributed by atoms with van der Waals surface area (Å²) in [5.74, 6) is 0.0658. The highest BCUT2D eigenvalue weighted by Crippen LogP contribution is 2.36. The molecule has 1 spiro atoms. The molecule has 1 aliphatic carbocycles. The second-order valence-corrected chi connectivity index (χ2v) is 6.86. The molecule has 86 valence electrons. The van der Waals surface area contributed by atoms with E-state index in [2.05, 4.69) is 5.32 Å². The molecule has 2 rings (SSSR count). The van der Waals surface area contributed by atoms with Crippen molar-refractivity contribution in [3.05, 3.63) is 0 Å². The van der Waals surface area contributed by atoms with Crippen LogP contribution in [-0.2, 0) is 14.6 Å². The average molecular weight is 231 g/mol. The molecule has 1 aliphatic heterocycles. The predicted molar refractivity (Wildman–Crippen MR) is 57.5 cm³/mol. The number of carbonyl (C=O) groups excluding carboxylic acids is 1. The predicted octanol–water partition coefficient (Wildman–Crippen LogP) is 0.276. The van der Waals surface area contributed by atoms with E-state index in [9.17, 15) is 13.2 Å². The smallest absolute Gasteiger partial charge is 0.164 e. The molecule has 0 aromatic rings. The molecule has 1 N–H and O–H groups in total. The van der Waals surface area contributed by atoms with Crippen LogP contribution in [0.25, 0.3) is 0 Å². The van der Waals surface area contributed by atoms with Gasteiger partial charge in [-0.25, -0.2) is 8.42 Å². The van der Waals surface area contributed by atoms with Crippen molar-refractivity contribution >= 4 is 15.6 Å². The number of hydrogen-bond acceptors (Lipinski definition) is 4. The molecular formula is C10H17NO3S. The molecule has 0 bridgehead atoms. The summed E-state index contributed by atoms with van der Waals surface area (Å²) >= 11 is 0. The maximum atomic E-state index is 12.1. The molecule has 15 heavy (non-hydrogen) atoms. The van der Waals surface area contributed by atoms with Gasteiger partial charge in [-0.05, 0) is 25.8 Å². The van der Waals surface area contributed by atoms with Gasteiger partial charge >= 0.3 is 0 Å². The molecule has 5 heteroatoms. The monoisotopic (exact) mass is 231 g/mol. The summed E-state index contributed by atoms with van der Waals surface area (Å²) in [5.41, 5.74) is 0. The molecular weight excluding hydrogens is 214 g/mol. The van der Waals surface area contributed by atoms with E-state index >= 15 is 0 Å². The van der Waals surface area contributed by atoms with Gasteiger partial charge in [0.2, 0.25) is 0 Å². The lowest BCUT2D eigenvalue weighted by Gasteiger charge is -2.33. The first-order chi connectivity index (χ1) is 7.08. The van der Waals surface area contributed by atoms with E-state index in [1.54, 1.807) is 0 Å². The highest BCUT2D eigenvalue weighted by Gasteiger charge is 2.50. The largest absolute Gasteiger partial charge is 0.316 e. The highest BCUT2D eigenvalue weighted by molar-refractivity contribution is 7.93. The molecule has 2 aliphatic rings. The molecule has 0 aromatic heterocycles. The minimum absolute atomic E-state index is 0.0440. The number of ketones is 1. The van der Waals surface area contributed by atoms with Crippen molar-refractivity contribution in [1.29, 1.82) is 0 Å². The molecule has 2 fully saturated rings. The molecule has 1 saturated heterocycles. The van der Waals surface area contributed by atoms with Crippen molar-refractivity contribution < 1.29 is 13.2 Å². The van der Waals surface area contributed by atoms with E-state index in [1.807, 2.05) is 0 Å². The minimum Gasteiger partial charge on any atom is -0.316 e. The van der Waals surface area contributed by atoms with Gasteiger partial charge in [-0.15, -0.1) is 0 Å². The second-order valence-electron chi connectivity index (χ2n) is 4.44. The first-order valence-corrected chi connectivity index (χ1v) is 7.20. The Morgan fingerprint density at radius 2 is 1.93 bits per heavy atom.